The van der Waals surface area contributed by atoms with Gasteiger partial charge in [0, 0.05) is 6.61 Å². The van der Waals surface area contributed by atoms with E-state index in [1.807, 2.05) is 0 Å². The molecule has 0 saturated heterocycles. The van der Waals surface area contributed by atoms with Crippen molar-refractivity contribution in [1.29, 1.82) is 0 Å². The zero-order valence-electron chi connectivity index (χ0n) is 11.0. The fourth-order valence-electron chi connectivity index (χ4n) is 1.12. The van der Waals surface area contributed by atoms with Crippen LogP contribution in [0.5, 0.6) is 0 Å². The van der Waals surface area contributed by atoms with Crippen molar-refractivity contribution in [2.45, 2.75) is 53.2 Å². The van der Waals surface area contributed by atoms with Crippen molar-refractivity contribution < 1.29 is 19.1 Å². The standard InChI is InChI=1S/C12H22O4/c1-7-15-9(8-13)12(5,6)10(14)16-11(2,3)4/h8-9H,7H2,1-6H3. The highest BCUT2D eigenvalue weighted by Gasteiger charge is 2.40. The molecule has 0 aliphatic rings. The molecule has 0 radical (unpaired) electrons. The van der Waals surface area contributed by atoms with Crippen molar-refractivity contribution in [2.75, 3.05) is 6.61 Å². The third kappa shape index (κ3) is 4.31. The van der Waals surface area contributed by atoms with Gasteiger partial charge < -0.3 is 14.3 Å². The van der Waals surface area contributed by atoms with E-state index in [0.29, 0.717) is 12.9 Å². The summed E-state index contributed by atoms with van der Waals surface area (Å²) in [6.07, 6.45) is -0.125. The minimum absolute atomic E-state index is 0.385. The minimum atomic E-state index is -0.967. The molecule has 0 aromatic heterocycles. The molecule has 0 aliphatic carbocycles. The van der Waals surface area contributed by atoms with E-state index in [0.717, 1.165) is 0 Å². The average molecular weight is 230 g/mol. The Hall–Kier alpha value is -0.900. The van der Waals surface area contributed by atoms with Gasteiger partial charge >= 0.3 is 5.97 Å². The maximum Gasteiger partial charge on any atom is 0.315 e. The summed E-state index contributed by atoms with van der Waals surface area (Å²) < 4.78 is 10.5. The second kappa shape index (κ2) is 5.43. The lowest BCUT2D eigenvalue weighted by Crippen LogP contribution is -2.44. The van der Waals surface area contributed by atoms with Crippen LogP contribution in [-0.4, -0.2) is 30.6 Å². The number of carbonyl (C=O) groups excluding carboxylic acids is 2. The van der Waals surface area contributed by atoms with E-state index in [4.69, 9.17) is 9.47 Å². The summed E-state index contributed by atoms with van der Waals surface area (Å²) in [4.78, 5) is 22.8. The molecule has 0 saturated carbocycles. The molecule has 94 valence electrons. The Morgan fingerprint density at radius 2 is 1.75 bits per heavy atom. The summed E-state index contributed by atoms with van der Waals surface area (Å²) in [5.74, 6) is -0.425. The second-order valence-electron chi connectivity index (χ2n) is 5.24. The Morgan fingerprint density at radius 1 is 1.25 bits per heavy atom. The molecule has 0 fully saturated rings. The summed E-state index contributed by atoms with van der Waals surface area (Å²) in [6.45, 7) is 10.8. The molecule has 1 atom stereocenters. The van der Waals surface area contributed by atoms with Crippen LogP contribution in [0.4, 0.5) is 0 Å². The van der Waals surface area contributed by atoms with Gasteiger partial charge in [-0.1, -0.05) is 0 Å². The van der Waals surface area contributed by atoms with E-state index in [2.05, 4.69) is 0 Å². The number of aldehydes is 1. The maximum absolute atomic E-state index is 11.9. The molecule has 4 heteroatoms. The van der Waals surface area contributed by atoms with E-state index in [1.165, 1.54) is 0 Å². The van der Waals surface area contributed by atoms with Gasteiger partial charge in [-0.25, -0.2) is 0 Å². The Kier molecular flexibility index (Phi) is 5.13. The topological polar surface area (TPSA) is 52.6 Å². The molecule has 0 amide bonds. The predicted molar refractivity (Wildman–Crippen MR) is 61.1 cm³/mol. The molecule has 16 heavy (non-hydrogen) atoms. The smallest absolute Gasteiger partial charge is 0.315 e. The summed E-state index contributed by atoms with van der Waals surface area (Å²) in [5.41, 5.74) is -1.53. The average Bonchev–Trinajstić information content (AvgIpc) is 2.10. The number of rotatable bonds is 5. The van der Waals surface area contributed by atoms with E-state index < -0.39 is 23.1 Å². The van der Waals surface area contributed by atoms with Crippen LogP contribution < -0.4 is 0 Å². The van der Waals surface area contributed by atoms with E-state index in [-0.39, 0.29) is 0 Å². The molecule has 0 spiro atoms. The molecular weight excluding hydrogens is 208 g/mol. The number of ether oxygens (including phenoxy) is 2. The van der Waals surface area contributed by atoms with Gasteiger partial charge in [-0.05, 0) is 41.5 Å². The minimum Gasteiger partial charge on any atom is -0.459 e. The fraction of sp³-hybridized carbons (Fsp3) is 0.833. The monoisotopic (exact) mass is 230 g/mol. The summed E-state index contributed by atoms with van der Waals surface area (Å²) in [6, 6.07) is 0. The van der Waals surface area contributed by atoms with Crippen molar-refractivity contribution in [3.63, 3.8) is 0 Å². The lowest BCUT2D eigenvalue weighted by Gasteiger charge is -2.31. The van der Waals surface area contributed by atoms with Gasteiger partial charge in [0.25, 0.3) is 0 Å². The van der Waals surface area contributed by atoms with E-state index in [1.54, 1.807) is 41.5 Å². The first-order chi connectivity index (χ1) is 7.15. The van der Waals surface area contributed by atoms with Crippen LogP contribution >= 0.6 is 0 Å². The Balaban J connectivity index is 4.74. The Labute approximate surface area is 97.3 Å². The third-order valence-corrected chi connectivity index (χ3v) is 2.11. The molecule has 0 aliphatic heterocycles. The summed E-state index contributed by atoms with van der Waals surface area (Å²) in [5, 5.41) is 0. The van der Waals surface area contributed by atoms with Crippen LogP contribution in [0.1, 0.15) is 41.5 Å². The number of hydrogen-bond acceptors (Lipinski definition) is 4. The first kappa shape index (κ1) is 15.1. The van der Waals surface area contributed by atoms with Gasteiger partial charge in [0.15, 0.2) is 0 Å². The highest BCUT2D eigenvalue weighted by atomic mass is 16.6. The Bertz CT molecular complexity index is 250. The van der Waals surface area contributed by atoms with Gasteiger partial charge in [0.1, 0.15) is 18.0 Å². The quantitative estimate of drug-likeness (QED) is 0.535. The molecule has 0 bridgehead atoms. The lowest BCUT2D eigenvalue weighted by atomic mass is 9.87. The highest BCUT2D eigenvalue weighted by molar-refractivity contribution is 5.81. The first-order valence-electron chi connectivity index (χ1n) is 5.45. The van der Waals surface area contributed by atoms with Crippen LogP contribution in [0.25, 0.3) is 0 Å². The van der Waals surface area contributed by atoms with Crippen LogP contribution in [0.15, 0.2) is 0 Å². The molecule has 0 heterocycles. The predicted octanol–water partition coefficient (Wildman–Crippen LogP) is 1.96. The maximum atomic E-state index is 11.9. The van der Waals surface area contributed by atoms with Gasteiger partial charge in [0.05, 0.1) is 5.41 Å². The lowest BCUT2D eigenvalue weighted by molar-refractivity contribution is -0.175. The number of hydrogen-bond donors (Lipinski definition) is 0. The zero-order chi connectivity index (χ0) is 13.0. The normalized spacial score (nSPS) is 14.4. The SMILES string of the molecule is CCOC(C=O)C(C)(C)C(=O)OC(C)(C)C. The molecular formula is C12H22O4. The van der Waals surface area contributed by atoms with Gasteiger partial charge in [-0.3, -0.25) is 4.79 Å². The molecule has 0 N–H and O–H groups in total. The van der Waals surface area contributed by atoms with E-state index >= 15 is 0 Å². The Morgan fingerprint density at radius 3 is 2.06 bits per heavy atom. The van der Waals surface area contributed by atoms with Crippen LogP contribution in [0, 0.1) is 5.41 Å². The summed E-state index contributed by atoms with van der Waals surface area (Å²) in [7, 11) is 0. The fourth-order valence-corrected chi connectivity index (χ4v) is 1.12. The van der Waals surface area contributed by atoms with Gasteiger partial charge in [-0.15, -0.1) is 0 Å². The van der Waals surface area contributed by atoms with Crippen molar-refractivity contribution in [2.24, 2.45) is 5.41 Å². The van der Waals surface area contributed by atoms with Crippen LogP contribution in [0.3, 0.4) is 0 Å². The van der Waals surface area contributed by atoms with Crippen LogP contribution in [-0.2, 0) is 19.1 Å². The van der Waals surface area contributed by atoms with Gasteiger partial charge in [-0.2, -0.15) is 0 Å². The summed E-state index contributed by atoms with van der Waals surface area (Å²) >= 11 is 0. The second-order valence-corrected chi connectivity index (χ2v) is 5.24. The molecule has 0 aromatic rings. The molecule has 1 unspecified atom stereocenters. The van der Waals surface area contributed by atoms with Gasteiger partial charge in [0.2, 0.25) is 0 Å². The number of carbonyl (C=O) groups is 2. The third-order valence-electron chi connectivity index (χ3n) is 2.11. The highest BCUT2D eigenvalue weighted by Crippen LogP contribution is 2.26. The van der Waals surface area contributed by atoms with Crippen molar-refractivity contribution in [3.05, 3.63) is 0 Å². The molecule has 0 rings (SSSR count). The molecule has 4 nitrogen and oxygen atoms in total. The van der Waals surface area contributed by atoms with Crippen molar-refractivity contribution >= 4 is 12.3 Å². The zero-order valence-corrected chi connectivity index (χ0v) is 11.0. The van der Waals surface area contributed by atoms with Crippen LogP contribution in [0.2, 0.25) is 0 Å². The number of esters is 1. The first-order valence-corrected chi connectivity index (χ1v) is 5.45. The van der Waals surface area contributed by atoms with Crippen molar-refractivity contribution in [3.8, 4) is 0 Å². The molecule has 0 aromatic carbocycles. The largest absolute Gasteiger partial charge is 0.459 e. The van der Waals surface area contributed by atoms with E-state index in [9.17, 15) is 9.59 Å². The van der Waals surface area contributed by atoms with Crippen molar-refractivity contribution in [1.82, 2.24) is 0 Å².